The second kappa shape index (κ2) is 6.78. The lowest BCUT2D eigenvalue weighted by Gasteiger charge is -2.28. The molecular formula is C15H18N4OS. The smallest absolute Gasteiger partial charge is 0.264 e. The number of carbonyl (C=O) groups excluding carboxylic acids is 1. The van der Waals surface area contributed by atoms with Gasteiger partial charge in [-0.25, -0.2) is 0 Å². The average Bonchev–Trinajstić information content (AvgIpc) is 3.22. The first-order valence-corrected chi connectivity index (χ1v) is 7.96. The topological polar surface area (TPSA) is 58.1 Å². The van der Waals surface area contributed by atoms with Gasteiger partial charge in [-0.15, -0.1) is 5.10 Å². The van der Waals surface area contributed by atoms with E-state index in [0.717, 1.165) is 24.6 Å². The summed E-state index contributed by atoms with van der Waals surface area (Å²) in [7, 11) is 0. The third-order valence-corrected chi connectivity index (χ3v) is 4.47. The molecule has 21 heavy (non-hydrogen) atoms. The van der Waals surface area contributed by atoms with Crippen molar-refractivity contribution in [2.75, 3.05) is 19.6 Å². The number of aromatic nitrogens is 2. The molecule has 1 amide bonds. The standard InChI is InChI=1S/C15H18N4OS/c20-15(14-11-17-18-21-14)16-10-13(19-8-4-5-9-19)12-6-2-1-3-7-12/h1-3,6-7,11,13H,4-5,8-10H2,(H,16,20). The van der Waals surface area contributed by atoms with Gasteiger partial charge in [0.25, 0.3) is 5.91 Å². The van der Waals surface area contributed by atoms with E-state index in [4.69, 9.17) is 0 Å². The SMILES string of the molecule is O=C(NCC(c1ccccc1)N1CCCC1)c1cnns1. The van der Waals surface area contributed by atoms with Crippen LogP contribution in [0.4, 0.5) is 0 Å². The summed E-state index contributed by atoms with van der Waals surface area (Å²) in [5, 5.41) is 6.71. The molecule has 1 atom stereocenters. The summed E-state index contributed by atoms with van der Waals surface area (Å²) < 4.78 is 3.73. The Morgan fingerprint density at radius 2 is 2.05 bits per heavy atom. The van der Waals surface area contributed by atoms with E-state index in [1.165, 1.54) is 24.6 Å². The van der Waals surface area contributed by atoms with Crippen LogP contribution >= 0.6 is 11.5 Å². The predicted octanol–water partition coefficient (Wildman–Crippen LogP) is 2.10. The van der Waals surface area contributed by atoms with Crippen LogP contribution in [-0.2, 0) is 0 Å². The van der Waals surface area contributed by atoms with Gasteiger partial charge in [-0.1, -0.05) is 34.8 Å². The molecule has 1 aliphatic rings. The lowest BCUT2D eigenvalue weighted by molar-refractivity contribution is 0.0942. The van der Waals surface area contributed by atoms with E-state index in [0.29, 0.717) is 11.4 Å². The molecular weight excluding hydrogens is 284 g/mol. The van der Waals surface area contributed by atoms with Gasteiger partial charge in [-0.2, -0.15) is 0 Å². The zero-order chi connectivity index (χ0) is 14.5. The second-order valence-electron chi connectivity index (χ2n) is 5.16. The first-order chi connectivity index (χ1) is 10.3. The zero-order valence-corrected chi connectivity index (χ0v) is 12.6. The van der Waals surface area contributed by atoms with Gasteiger partial charge in [0.2, 0.25) is 0 Å². The molecule has 5 nitrogen and oxygen atoms in total. The Hall–Kier alpha value is -1.79. The van der Waals surface area contributed by atoms with Crippen molar-refractivity contribution in [3.63, 3.8) is 0 Å². The maximum absolute atomic E-state index is 12.1. The van der Waals surface area contributed by atoms with Crippen molar-refractivity contribution >= 4 is 17.4 Å². The number of hydrogen-bond donors (Lipinski definition) is 1. The first kappa shape index (κ1) is 14.2. The summed E-state index contributed by atoms with van der Waals surface area (Å²) in [6.45, 7) is 2.80. The van der Waals surface area contributed by atoms with Gasteiger partial charge >= 0.3 is 0 Å². The number of nitrogens with one attached hydrogen (secondary N) is 1. The van der Waals surface area contributed by atoms with Gasteiger partial charge in [-0.05, 0) is 43.0 Å². The van der Waals surface area contributed by atoms with E-state index in [-0.39, 0.29) is 11.9 Å². The molecule has 1 aromatic heterocycles. The maximum atomic E-state index is 12.1. The Bertz CT molecular complexity index is 567. The zero-order valence-electron chi connectivity index (χ0n) is 11.7. The van der Waals surface area contributed by atoms with Crippen LogP contribution in [0.25, 0.3) is 0 Å². The monoisotopic (exact) mass is 302 g/mol. The van der Waals surface area contributed by atoms with Gasteiger partial charge in [0.1, 0.15) is 4.88 Å². The van der Waals surface area contributed by atoms with Gasteiger partial charge < -0.3 is 5.32 Å². The number of amides is 1. The number of carbonyl (C=O) groups is 1. The fraction of sp³-hybridized carbons (Fsp3) is 0.400. The third kappa shape index (κ3) is 3.46. The Labute approximate surface area is 128 Å². The fourth-order valence-corrected chi connectivity index (χ4v) is 3.16. The van der Waals surface area contributed by atoms with Crippen molar-refractivity contribution in [2.24, 2.45) is 0 Å². The minimum Gasteiger partial charge on any atom is -0.349 e. The van der Waals surface area contributed by atoms with Gasteiger partial charge in [-0.3, -0.25) is 9.69 Å². The molecule has 2 heterocycles. The van der Waals surface area contributed by atoms with E-state index in [9.17, 15) is 4.79 Å². The predicted molar refractivity (Wildman–Crippen MR) is 82.2 cm³/mol. The third-order valence-electron chi connectivity index (χ3n) is 3.81. The molecule has 1 N–H and O–H groups in total. The van der Waals surface area contributed by atoms with Crippen LogP contribution in [0.2, 0.25) is 0 Å². The molecule has 1 aromatic carbocycles. The van der Waals surface area contributed by atoms with E-state index in [2.05, 4.69) is 31.9 Å². The molecule has 110 valence electrons. The molecule has 6 heteroatoms. The Balaban J connectivity index is 1.69. The number of rotatable bonds is 5. The molecule has 0 aliphatic carbocycles. The Morgan fingerprint density at radius 1 is 1.29 bits per heavy atom. The quantitative estimate of drug-likeness (QED) is 0.919. The van der Waals surface area contributed by atoms with Crippen LogP contribution in [0.3, 0.4) is 0 Å². The van der Waals surface area contributed by atoms with Crippen LogP contribution in [0.15, 0.2) is 36.5 Å². The van der Waals surface area contributed by atoms with Gasteiger partial charge in [0.15, 0.2) is 0 Å². The van der Waals surface area contributed by atoms with Crippen LogP contribution in [-0.4, -0.2) is 40.0 Å². The van der Waals surface area contributed by atoms with Crippen LogP contribution in [0, 0.1) is 0 Å². The van der Waals surface area contributed by atoms with E-state index in [1.54, 1.807) is 0 Å². The van der Waals surface area contributed by atoms with Crippen molar-refractivity contribution in [3.05, 3.63) is 47.0 Å². The normalized spacial score (nSPS) is 16.8. The summed E-state index contributed by atoms with van der Waals surface area (Å²) in [5.74, 6) is -0.0925. The second-order valence-corrected chi connectivity index (χ2v) is 5.95. The van der Waals surface area contributed by atoms with Gasteiger partial charge in [0, 0.05) is 6.54 Å². The molecule has 1 fully saturated rings. The number of benzene rings is 1. The molecule has 0 spiro atoms. The summed E-state index contributed by atoms with van der Waals surface area (Å²) >= 11 is 1.12. The number of hydrogen-bond acceptors (Lipinski definition) is 5. The lowest BCUT2D eigenvalue weighted by atomic mass is 10.1. The van der Waals surface area contributed by atoms with Crippen molar-refractivity contribution in [2.45, 2.75) is 18.9 Å². The Morgan fingerprint density at radius 3 is 2.71 bits per heavy atom. The highest BCUT2D eigenvalue weighted by Crippen LogP contribution is 2.24. The summed E-state index contributed by atoms with van der Waals surface area (Å²) in [5.41, 5.74) is 1.25. The molecule has 0 radical (unpaired) electrons. The summed E-state index contributed by atoms with van der Waals surface area (Å²) in [6, 6.07) is 10.6. The highest BCUT2D eigenvalue weighted by atomic mass is 32.1. The molecule has 3 rings (SSSR count). The molecule has 1 unspecified atom stereocenters. The minimum atomic E-state index is -0.0925. The average molecular weight is 302 g/mol. The Kier molecular flexibility index (Phi) is 4.57. The van der Waals surface area contributed by atoms with Gasteiger partial charge in [0.05, 0.1) is 12.2 Å². The first-order valence-electron chi connectivity index (χ1n) is 7.19. The van der Waals surface area contributed by atoms with Crippen molar-refractivity contribution < 1.29 is 4.79 Å². The van der Waals surface area contributed by atoms with Crippen molar-refractivity contribution in [3.8, 4) is 0 Å². The number of nitrogens with zero attached hydrogens (tertiary/aromatic N) is 3. The molecule has 1 aliphatic heterocycles. The van der Waals surface area contributed by atoms with Crippen LogP contribution < -0.4 is 5.32 Å². The lowest BCUT2D eigenvalue weighted by Crippen LogP contribution is -2.36. The molecule has 2 aromatic rings. The van der Waals surface area contributed by atoms with Crippen LogP contribution in [0.1, 0.15) is 34.1 Å². The maximum Gasteiger partial charge on any atom is 0.264 e. The fourth-order valence-electron chi connectivity index (χ4n) is 2.73. The molecule has 0 saturated carbocycles. The van der Waals surface area contributed by atoms with E-state index >= 15 is 0 Å². The molecule has 1 saturated heterocycles. The van der Waals surface area contributed by atoms with Crippen LogP contribution in [0.5, 0.6) is 0 Å². The summed E-state index contributed by atoms with van der Waals surface area (Å²) in [6.07, 6.45) is 3.97. The highest BCUT2D eigenvalue weighted by Gasteiger charge is 2.24. The van der Waals surface area contributed by atoms with E-state index < -0.39 is 0 Å². The largest absolute Gasteiger partial charge is 0.349 e. The highest BCUT2D eigenvalue weighted by molar-refractivity contribution is 7.07. The minimum absolute atomic E-state index is 0.0925. The molecule has 0 bridgehead atoms. The number of likely N-dealkylation sites (tertiary alicyclic amines) is 1. The van der Waals surface area contributed by atoms with Crippen molar-refractivity contribution in [1.82, 2.24) is 19.8 Å². The van der Waals surface area contributed by atoms with E-state index in [1.807, 2.05) is 18.2 Å². The van der Waals surface area contributed by atoms with Crippen molar-refractivity contribution in [1.29, 1.82) is 0 Å². The summed E-state index contributed by atoms with van der Waals surface area (Å²) in [4.78, 5) is 15.1.